The van der Waals surface area contributed by atoms with Crippen molar-refractivity contribution in [3.8, 4) is 0 Å². The van der Waals surface area contributed by atoms with E-state index in [0.717, 1.165) is 0 Å². The number of halogens is 1. The molecule has 14 heavy (non-hydrogen) atoms. The molecule has 0 aliphatic rings. The number of carbonyl (C=O) groups is 1. The molecule has 3 nitrogen and oxygen atoms in total. The molecule has 0 aromatic carbocycles. The van der Waals surface area contributed by atoms with Crippen LogP contribution in [0.1, 0.15) is 31.3 Å². The van der Waals surface area contributed by atoms with Gasteiger partial charge in [-0.3, -0.25) is 0 Å². The first kappa shape index (κ1) is 11.8. The van der Waals surface area contributed by atoms with Gasteiger partial charge in [-0.25, -0.2) is 9.78 Å². The van der Waals surface area contributed by atoms with Crippen LogP contribution in [0.25, 0.3) is 0 Å². The van der Waals surface area contributed by atoms with E-state index in [1.54, 1.807) is 0 Å². The van der Waals surface area contributed by atoms with Crippen LogP contribution in [0.15, 0.2) is 4.34 Å². The predicted molar refractivity (Wildman–Crippen MR) is 59.7 cm³/mol. The lowest BCUT2D eigenvalue weighted by Crippen LogP contribution is -2.06. The zero-order valence-electron chi connectivity index (χ0n) is 8.00. The molecule has 1 N–H and O–H groups in total. The molecule has 0 saturated carbocycles. The number of aromatic nitrogens is 1. The van der Waals surface area contributed by atoms with Crippen LogP contribution in [0.2, 0.25) is 4.34 Å². The van der Waals surface area contributed by atoms with Crippen molar-refractivity contribution in [3.63, 3.8) is 0 Å². The summed E-state index contributed by atoms with van der Waals surface area (Å²) in [6, 6.07) is 0. The molecule has 0 unspecified atom stereocenters. The Morgan fingerprint density at radius 1 is 1.57 bits per heavy atom. The van der Waals surface area contributed by atoms with E-state index in [0.29, 0.717) is 4.34 Å². The fourth-order valence-corrected chi connectivity index (χ4v) is 3.55. The Kier molecular flexibility index (Phi) is 3.44. The van der Waals surface area contributed by atoms with Crippen LogP contribution < -0.4 is 0 Å². The van der Waals surface area contributed by atoms with E-state index < -0.39 is 5.97 Å². The fraction of sp³-hybridized carbons (Fsp3) is 0.500. The molecule has 1 heterocycles. The van der Waals surface area contributed by atoms with Gasteiger partial charge in [-0.05, 0) is 0 Å². The first-order valence-electron chi connectivity index (χ1n) is 3.88. The molecular weight excluding hydrogens is 242 g/mol. The molecule has 0 radical (unpaired) electrons. The van der Waals surface area contributed by atoms with Crippen molar-refractivity contribution >= 4 is 40.7 Å². The van der Waals surface area contributed by atoms with E-state index in [1.165, 1.54) is 23.1 Å². The van der Waals surface area contributed by atoms with Crippen molar-refractivity contribution in [3.05, 3.63) is 10.0 Å². The monoisotopic (exact) mass is 251 g/mol. The Morgan fingerprint density at radius 2 is 2.14 bits per heavy atom. The van der Waals surface area contributed by atoms with E-state index in [-0.39, 0.29) is 14.8 Å². The maximum atomic E-state index is 10.7. The molecule has 0 aliphatic heterocycles. The Balaban J connectivity index is 2.92. The standard InChI is InChI=1S/C8H10ClNO2S2/c1-8(2,3)14-7-10-4(6(11)12)5(9)13-7/h1-3H3,(H,11,12). The molecule has 1 aromatic heterocycles. The van der Waals surface area contributed by atoms with E-state index in [4.69, 9.17) is 16.7 Å². The smallest absolute Gasteiger partial charge is 0.357 e. The SMILES string of the molecule is CC(C)(C)Sc1nc(C(=O)O)c(Cl)s1. The zero-order chi connectivity index (χ0) is 10.9. The van der Waals surface area contributed by atoms with Gasteiger partial charge in [-0.1, -0.05) is 55.5 Å². The van der Waals surface area contributed by atoms with Gasteiger partial charge in [0, 0.05) is 4.75 Å². The summed E-state index contributed by atoms with van der Waals surface area (Å²) in [6.07, 6.45) is 0. The number of nitrogens with zero attached hydrogens (tertiary/aromatic N) is 1. The fourth-order valence-electron chi connectivity index (χ4n) is 0.721. The van der Waals surface area contributed by atoms with Crippen LogP contribution >= 0.6 is 34.7 Å². The van der Waals surface area contributed by atoms with Crippen molar-refractivity contribution in [2.75, 3.05) is 0 Å². The normalized spacial score (nSPS) is 11.7. The Labute approximate surface area is 95.5 Å². The number of aromatic carboxylic acids is 1. The Morgan fingerprint density at radius 3 is 2.50 bits per heavy atom. The third-order valence-electron chi connectivity index (χ3n) is 1.16. The Bertz CT molecular complexity index is 357. The average molecular weight is 252 g/mol. The molecule has 0 atom stereocenters. The molecule has 0 fully saturated rings. The van der Waals surface area contributed by atoms with Gasteiger partial charge in [0.1, 0.15) is 4.34 Å². The van der Waals surface area contributed by atoms with Crippen molar-refractivity contribution in [1.82, 2.24) is 4.98 Å². The number of carboxylic acids is 1. The van der Waals surface area contributed by atoms with Gasteiger partial charge in [-0.2, -0.15) is 0 Å². The van der Waals surface area contributed by atoms with Gasteiger partial charge >= 0.3 is 5.97 Å². The highest BCUT2D eigenvalue weighted by Crippen LogP contribution is 2.37. The third-order valence-corrected chi connectivity index (χ3v) is 3.59. The molecule has 78 valence electrons. The minimum Gasteiger partial charge on any atom is -0.476 e. The summed E-state index contributed by atoms with van der Waals surface area (Å²) in [4.78, 5) is 14.6. The molecule has 6 heteroatoms. The van der Waals surface area contributed by atoms with Gasteiger partial charge in [0.2, 0.25) is 0 Å². The summed E-state index contributed by atoms with van der Waals surface area (Å²) >= 11 is 8.45. The molecular formula is C8H10ClNO2S2. The van der Waals surface area contributed by atoms with Gasteiger partial charge in [0.05, 0.1) is 0 Å². The maximum Gasteiger partial charge on any atom is 0.357 e. The van der Waals surface area contributed by atoms with Gasteiger partial charge in [-0.15, -0.1) is 0 Å². The maximum absolute atomic E-state index is 10.7. The first-order valence-corrected chi connectivity index (χ1v) is 5.89. The third kappa shape index (κ3) is 3.15. The van der Waals surface area contributed by atoms with Crippen molar-refractivity contribution in [2.24, 2.45) is 0 Å². The van der Waals surface area contributed by atoms with Crippen LogP contribution in [0.4, 0.5) is 0 Å². The van der Waals surface area contributed by atoms with Gasteiger partial charge in [0.15, 0.2) is 10.0 Å². The van der Waals surface area contributed by atoms with Crippen LogP contribution in [0.5, 0.6) is 0 Å². The number of hydrogen-bond donors (Lipinski definition) is 1. The second kappa shape index (κ2) is 4.08. The molecule has 0 spiro atoms. The number of thiazole rings is 1. The van der Waals surface area contributed by atoms with Crippen molar-refractivity contribution < 1.29 is 9.90 Å². The summed E-state index contributed by atoms with van der Waals surface area (Å²) in [5.74, 6) is -1.08. The van der Waals surface area contributed by atoms with Gasteiger partial charge in [0.25, 0.3) is 0 Å². The predicted octanol–water partition coefficient (Wildman–Crippen LogP) is 3.39. The lowest BCUT2D eigenvalue weighted by atomic mass is 10.3. The number of hydrogen-bond acceptors (Lipinski definition) is 4. The van der Waals surface area contributed by atoms with Crippen LogP contribution in [-0.4, -0.2) is 20.8 Å². The Hall–Kier alpha value is -0.260. The molecule has 1 rings (SSSR count). The zero-order valence-corrected chi connectivity index (χ0v) is 10.4. The largest absolute Gasteiger partial charge is 0.476 e. The number of thioether (sulfide) groups is 1. The molecule has 0 saturated heterocycles. The van der Waals surface area contributed by atoms with Crippen molar-refractivity contribution in [1.29, 1.82) is 0 Å². The van der Waals surface area contributed by atoms with Crippen LogP contribution in [0.3, 0.4) is 0 Å². The molecule has 0 bridgehead atoms. The second-order valence-electron chi connectivity index (χ2n) is 3.62. The lowest BCUT2D eigenvalue weighted by molar-refractivity contribution is 0.0691. The first-order chi connectivity index (χ1) is 6.29. The summed E-state index contributed by atoms with van der Waals surface area (Å²) in [5, 5.41) is 8.73. The summed E-state index contributed by atoms with van der Waals surface area (Å²) < 4.78 is 0.945. The van der Waals surface area contributed by atoms with E-state index in [2.05, 4.69) is 4.98 Å². The summed E-state index contributed by atoms with van der Waals surface area (Å²) in [7, 11) is 0. The topological polar surface area (TPSA) is 50.2 Å². The lowest BCUT2D eigenvalue weighted by Gasteiger charge is -2.14. The van der Waals surface area contributed by atoms with Crippen LogP contribution in [0, 0.1) is 0 Å². The highest BCUT2D eigenvalue weighted by Gasteiger charge is 2.20. The average Bonchev–Trinajstić information content (AvgIpc) is 2.26. The van der Waals surface area contributed by atoms with E-state index in [9.17, 15) is 4.79 Å². The minimum absolute atomic E-state index is 0.0109. The highest BCUT2D eigenvalue weighted by molar-refractivity contribution is 8.02. The second-order valence-corrected chi connectivity index (χ2v) is 7.30. The number of rotatable bonds is 2. The highest BCUT2D eigenvalue weighted by atomic mass is 35.5. The quantitative estimate of drug-likeness (QED) is 0.819. The van der Waals surface area contributed by atoms with E-state index in [1.807, 2.05) is 20.8 Å². The molecule has 0 aliphatic carbocycles. The molecule has 1 aromatic rings. The minimum atomic E-state index is -1.08. The van der Waals surface area contributed by atoms with Crippen molar-refractivity contribution in [2.45, 2.75) is 29.9 Å². The molecule has 0 amide bonds. The summed E-state index contributed by atoms with van der Waals surface area (Å²) in [5.41, 5.74) is -0.0524. The van der Waals surface area contributed by atoms with Gasteiger partial charge < -0.3 is 5.11 Å². The summed E-state index contributed by atoms with van der Waals surface area (Å²) in [6.45, 7) is 6.11. The van der Waals surface area contributed by atoms with Crippen LogP contribution in [-0.2, 0) is 0 Å². The van der Waals surface area contributed by atoms with E-state index >= 15 is 0 Å². The number of carboxylic acid groups (broad SMARTS) is 1.